The van der Waals surface area contributed by atoms with E-state index < -0.39 is 0 Å². The van der Waals surface area contributed by atoms with Crippen LogP contribution in [0.1, 0.15) is 91.9 Å². The zero-order chi connectivity index (χ0) is 13.8. The first-order chi connectivity index (χ1) is 8.52. The molecule has 0 aliphatic heterocycles. The molecule has 0 atom stereocenters. The molecule has 0 bridgehead atoms. The zero-order valence-corrected chi connectivity index (χ0v) is 13.1. The van der Waals surface area contributed by atoms with Gasteiger partial charge in [0.15, 0.2) is 0 Å². The molecule has 0 radical (unpaired) electrons. The van der Waals surface area contributed by atoms with Gasteiger partial charge in [0, 0.05) is 12.8 Å². The van der Waals surface area contributed by atoms with Crippen LogP contribution in [0.4, 0.5) is 0 Å². The van der Waals surface area contributed by atoms with Crippen molar-refractivity contribution in [3.63, 3.8) is 0 Å². The quantitative estimate of drug-likeness (QED) is 0.404. The molecule has 0 amide bonds. The van der Waals surface area contributed by atoms with Crippen LogP contribution in [0, 0.1) is 11.8 Å². The Morgan fingerprint density at radius 3 is 1.39 bits per heavy atom. The summed E-state index contributed by atoms with van der Waals surface area (Å²) in [7, 11) is 0. The van der Waals surface area contributed by atoms with Crippen LogP contribution in [0.3, 0.4) is 0 Å². The highest BCUT2D eigenvalue weighted by Gasteiger charge is 2.02. The average Bonchev–Trinajstić information content (AvgIpc) is 2.27. The van der Waals surface area contributed by atoms with E-state index in [0.717, 1.165) is 37.5 Å². The summed E-state index contributed by atoms with van der Waals surface area (Å²) < 4.78 is 0. The molecule has 0 aromatic heterocycles. The molecule has 0 heterocycles. The second-order valence-electron chi connectivity index (χ2n) is 6.53. The van der Waals surface area contributed by atoms with E-state index in [0.29, 0.717) is 5.78 Å². The molecule has 0 saturated carbocycles. The van der Waals surface area contributed by atoms with Crippen LogP contribution >= 0.6 is 0 Å². The van der Waals surface area contributed by atoms with Crippen LogP contribution in [0.5, 0.6) is 0 Å². The van der Waals surface area contributed by atoms with Gasteiger partial charge in [-0.3, -0.25) is 4.79 Å². The Balaban J connectivity index is 3.22. The number of hydrogen-bond acceptors (Lipinski definition) is 1. The molecule has 0 aromatic rings. The van der Waals surface area contributed by atoms with Crippen LogP contribution in [0.15, 0.2) is 0 Å². The molecular formula is C17H34O. The van der Waals surface area contributed by atoms with Gasteiger partial charge in [0.2, 0.25) is 0 Å². The predicted molar refractivity (Wildman–Crippen MR) is 80.9 cm³/mol. The van der Waals surface area contributed by atoms with Crippen molar-refractivity contribution in [2.24, 2.45) is 11.8 Å². The fourth-order valence-corrected chi connectivity index (χ4v) is 2.23. The average molecular weight is 254 g/mol. The number of Topliss-reactive ketones (excluding diaryl/α,β-unsaturated/α-hetero) is 1. The first-order valence-electron chi connectivity index (χ1n) is 8.04. The Hall–Kier alpha value is -0.330. The highest BCUT2D eigenvalue weighted by molar-refractivity contribution is 5.78. The van der Waals surface area contributed by atoms with Crippen molar-refractivity contribution in [2.75, 3.05) is 0 Å². The Morgan fingerprint density at radius 1 is 0.667 bits per heavy atom. The normalized spacial score (nSPS) is 11.4. The van der Waals surface area contributed by atoms with E-state index in [1.807, 2.05) is 0 Å². The topological polar surface area (TPSA) is 17.1 Å². The maximum Gasteiger partial charge on any atom is 0.132 e. The van der Waals surface area contributed by atoms with Gasteiger partial charge in [-0.25, -0.2) is 0 Å². The summed E-state index contributed by atoms with van der Waals surface area (Å²) in [6, 6.07) is 0. The summed E-state index contributed by atoms with van der Waals surface area (Å²) in [5.41, 5.74) is 0. The van der Waals surface area contributed by atoms with E-state index in [1.54, 1.807) is 0 Å². The second-order valence-corrected chi connectivity index (χ2v) is 6.53. The third-order valence-corrected chi connectivity index (χ3v) is 3.47. The molecule has 0 spiro atoms. The Kier molecular flexibility index (Phi) is 11.5. The maximum atomic E-state index is 11.6. The van der Waals surface area contributed by atoms with Gasteiger partial charge >= 0.3 is 0 Å². The van der Waals surface area contributed by atoms with Crippen molar-refractivity contribution in [3.8, 4) is 0 Å². The molecule has 0 aliphatic carbocycles. The SMILES string of the molecule is CC(C)CCCCCC(=O)CCCCCC(C)C. The highest BCUT2D eigenvalue weighted by atomic mass is 16.1. The maximum absolute atomic E-state index is 11.6. The molecule has 1 nitrogen and oxygen atoms in total. The lowest BCUT2D eigenvalue weighted by Gasteiger charge is -2.05. The van der Waals surface area contributed by atoms with Gasteiger partial charge < -0.3 is 0 Å². The first kappa shape index (κ1) is 17.7. The Bertz CT molecular complexity index is 174. The largest absolute Gasteiger partial charge is 0.300 e. The zero-order valence-electron chi connectivity index (χ0n) is 13.1. The van der Waals surface area contributed by atoms with Gasteiger partial charge in [-0.2, -0.15) is 0 Å². The van der Waals surface area contributed by atoms with E-state index >= 15 is 0 Å². The van der Waals surface area contributed by atoms with Gasteiger partial charge in [0.25, 0.3) is 0 Å². The molecule has 0 saturated heterocycles. The van der Waals surface area contributed by atoms with E-state index in [4.69, 9.17) is 0 Å². The molecule has 0 rings (SSSR count). The number of carbonyl (C=O) groups is 1. The number of ketones is 1. The lowest BCUT2D eigenvalue weighted by atomic mass is 10.0. The minimum Gasteiger partial charge on any atom is -0.300 e. The van der Waals surface area contributed by atoms with Crippen molar-refractivity contribution in [1.29, 1.82) is 0 Å². The third-order valence-electron chi connectivity index (χ3n) is 3.47. The van der Waals surface area contributed by atoms with Gasteiger partial charge in [0.1, 0.15) is 5.78 Å². The van der Waals surface area contributed by atoms with E-state index in [1.165, 1.54) is 38.5 Å². The van der Waals surface area contributed by atoms with Crippen molar-refractivity contribution >= 4 is 5.78 Å². The summed E-state index contributed by atoms with van der Waals surface area (Å²) in [5, 5.41) is 0. The molecule has 108 valence electrons. The van der Waals surface area contributed by atoms with E-state index in [-0.39, 0.29) is 0 Å². The fraction of sp³-hybridized carbons (Fsp3) is 0.941. The van der Waals surface area contributed by atoms with Gasteiger partial charge in [0.05, 0.1) is 0 Å². The minimum absolute atomic E-state index is 0.490. The number of unbranched alkanes of at least 4 members (excludes halogenated alkanes) is 4. The minimum atomic E-state index is 0.490. The molecule has 0 aliphatic rings. The molecule has 1 heteroatoms. The molecular weight excluding hydrogens is 220 g/mol. The molecule has 0 fully saturated rings. The summed E-state index contributed by atoms with van der Waals surface area (Å²) in [6.45, 7) is 9.06. The van der Waals surface area contributed by atoms with Crippen LogP contribution < -0.4 is 0 Å². The first-order valence-corrected chi connectivity index (χ1v) is 8.04. The standard InChI is InChI=1S/C17H34O/c1-15(2)11-7-5-9-13-17(18)14-10-6-8-12-16(3)4/h15-16H,5-14H2,1-4H3. The van der Waals surface area contributed by atoms with Crippen molar-refractivity contribution in [3.05, 3.63) is 0 Å². The summed E-state index contributed by atoms with van der Waals surface area (Å²) in [5.74, 6) is 2.10. The van der Waals surface area contributed by atoms with Gasteiger partial charge in [-0.05, 0) is 24.7 Å². The Labute approximate surface area is 115 Å². The summed E-state index contributed by atoms with van der Waals surface area (Å²) >= 11 is 0. The highest BCUT2D eigenvalue weighted by Crippen LogP contribution is 2.13. The van der Waals surface area contributed by atoms with Crippen molar-refractivity contribution in [1.82, 2.24) is 0 Å². The summed E-state index contributed by atoms with van der Waals surface area (Å²) in [4.78, 5) is 11.6. The Morgan fingerprint density at radius 2 is 1.06 bits per heavy atom. The molecule has 0 unspecified atom stereocenters. The van der Waals surface area contributed by atoms with Crippen LogP contribution in [0.25, 0.3) is 0 Å². The van der Waals surface area contributed by atoms with Crippen molar-refractivity contribution in [2.45, 2.75) is 91.9 Å². The van der Waals surface area contributed by atoms with Gasteiger partial charge in [-0.15, -0.1) is 0 Å². The monoisotopic (exact) mass is 254 g/mol. The lowest BCUT2D eigenvalue weighted by molar-refractivity contribution is -0.119. The smallest absolute Gasteiger partial charge is 0.132 e. The predicted octanol–water partition coefficient (Wildman–Crippen LogP) is 5.77. The second kappa shape index (κ2) is 11.7. The number of carbonyl (C=O) groups excluding carboxylic acids is 1. The van der Waals surface area contributed by atoms with E-state index in [9.17, 15) is 4.79 Å². The summed E-state index contributed by atoms with van der Waals surface area (Å²) in [6.07, 6.45) is 11.5. The van der Waals surface area contributed by atoms with Crippen LogP contribution in [0.2, 0.25) is 0 Å². The number of hydrogen-bond donors (Lipinski definition) is 0. The van der Waals surface area contributed by atoms with E-state index in [2.05, 4.69) is 27.7 Å². The fourth-order valence-electron chi connectivity index (χ4n) is 2.23. The lowest BCUT2D eigenvalue weighted by Crippen LogP contribution is -1.98. The van der Waals surface area contributed by atoms with Crippen LogP contribution in [-0.4, -0.2) is 5.78 Å². The third kappa shape index (κ3) is 13.7. The number of rotatable bonds is 12. The molecule has 18 heavy (non-hydrogen) atoms. The van der Waals surface area contributed by atoms with Crippen LogP contribution in [-0.2, 0) is 4.79 Å². The molecule has 0 aromatic carbocycles. The molecule has 0 N–H and O–H groups in total. The van der Waals surface area contributed by atoms with Gasteiger partial charge in [-0.1, -0.05) is 66.2 Å². The van der Waals surface area contributed by atoms with Crippen molar-refractivity contribution < 1.29 is 4.79 Å².